The van der Waals surface area contributed by atoms with Gasteiger partial charge >= 0.3 is 0 Å². The van der Waals surface area contributed by atoms with Crippen LogP contribution in [0.25, 0.3) is 0 Å². The van der Waals surface area contributed by atoms with Gasteiger partial charge in [-0.1, -0.05) is 0 Å². The first-order chi connectivity index (χ1) is 5.84. The summed E-state index contributed by atoms with van der Waals surface area (Å²) in [5.41, 5.74) is 0. The van der Waals surface area contributed by atoms with Crippen LogP contribution in [0.5, 0.6) is 0 Å². The highest BCUT2D eigenvalue weighted by molar-refractivity contribution is 5.76. The van der Waals surface area contributed by atoms with Crippen LogP contribution in [0.15, 0.2) is 0 Å². The van der Waals surface area contributed by atoms with Crippen molar-refractivity contribution in [2.45, 2.75) is 32.1 Å². The van der Waals surface area contributed by atoms with Gasteiger partial charge in [0.15, 0.2) is 0 Å². The lowest BCUT2D eigenvalue weighted by molar-refractivity contribution is -0.133. The third-order valence-electron chi connectivity index (χ3n) is 2.14. The van der Waals surface area contributed by atoms with Gasteiger partial charge in [-0.25, -0.2) is 0 Å². The van der Waals surface area contributed by atoms with Gasteiger partial charge in [0.05, 0.1) is 6.07 Å². The molecular weight excluding hydrogens is 152 g/mol. The molecule has 0 N–H and O–H groups in total. The van der Waals surface area contributed by atoms with E-state index in [0.29, 0.717) is 12.8 Å². The van der Waals surface area contributed by atoms with Crippen molar-refractivity contribution >= 4 is 5.91 Å². The van der Waals surface area contributed by atoms with Crippen molar-refractivity contribution in [2.24, 2.45) is 0 Å². The first-order valence-electron chi connectivity index (χ1n) is 4.49. The van der Waals surface area contributed by atoms with E-state index in [-0.39, 0.29) is 5.91 Å². The van der Waals surface area contributed by atoms with Crippen molar-refractivity contribution in [1.82, 2.24) is 4.90 Å². The molecule has 0 unspecified atom stereocenters. The molecule has 0 aromatic rings. The molecule has 1 rings (SSSR count). The van der Waals surface area contributed by atoms with Gasteiger partial charge in [-0.3, -0.25) is 4.79 Å². The second-order valence-electron chi connectivity index (χ2n) is 3.10. The Morgan fingerprint density at radius 1 is 1.50 bits per heavy atom. The van der Waals surface area contributed by atoms with Gasteiger partial charge in [0, 0.05) is 25.9 Å². The topological polar surface area (TPSA) is 44.1 Å². The molecule has 1 aliphatic rings. The summed E-state index contributed by atoms with van der Waals surface area (Å²) in [6.07, 6.45) is 4.24. The van der Waals surface area contributed by atoms with Crippen LogP contribution in [0.4, 0.5) is 0 Å². The molecular formula is C9H14N2O. The average molecular weight is 166 g/mol. The summed E-state index contributed by atoms with van der Waals surface area (Å²) in [5, 5.41) is 8.31. The molecule has 66 valence electrons. The highest BCUT2D eigenvalue weighted by Gasteiger charge is 2.16. The number of nitrogens with zero attached hydrogens (tertiary/aromatic N) is 2. The summed E-state index contributed by atoms with van der Waals surface area (Å²) < 4.78 is 0. The van der Waals surface area contributed by atoms with Crippen LogP contribution in [0.2, 0.25) is 0 Å². The van der Waals surface area contributed by atoms with Crippen molar-refractivity contribution < 1.29 is 4.79 Å². The molecule has 3 heteroatoms. The summed E-state index contributed by atoms with van der Waals surface area (Å²) in [5.74, 6) is 0.263. The molecule has 0 saturated carbocycles. The lowest BCUT2D eigenvalue weighted by Crippen LogP contribution is -2.35. The quantitative estimate of drug-likeness (QED) is 0.593. The molecule has 0 aromatic carbocycles. The molecule has 1 heterocycles. The van der Waals surface area contributed by atoms with Crippen molar-refractivity contribution in [3.8, 4) is 6.07 Å². The molecule has 12 heavy (non-hydrogen) atoms. The zero-order valence-corrected chi connectivity index (χ0v) is 7.25. The fraction of sp³-hybridized carbons (Fsp3) is 0.778. The Kier molecular flexibility index (Phi) is 3.59. The van der Waals surface area contributed by atoms with Gasteiger partial charge in [-0.2, -0.15) is 5.26 Å². The number of hydrogen-bond acceptors (Lipinski definition) is 2. The number of amides is 1. The zero-order valence-electron chi connectivity index (χ0n) is 7.25. The summed E-state index contributed by atoms with van der Waals surface area (Å²) in [4.78, 5) is 13.1. The van der Waals surface area contributed by atoms with E-state index in [4.69, 9.17) is 5.26 Å². The standard InChI is InChI=1S/C9H14N2O/c10-6-2-4-8-11-7-3-1-5-9(11)12/h1-5,7-8H2. The van der Waals surface area contributed by atoms with E-state index in [2.05, 4.69) is 6.07 Å². The van der Waals surface area contributed by atoms with E-state index in [0.717, 1.165) is 32.4 Å². The van der Waals surface area contributed by atoms with Gasteiger partial charge in [-0.05, 0) is 19.3 Å². The largest absolute Gasteiger partial charge is 0.343 e. The number of nitriles is 1. The van der Waals surface area contributed by atoms with Gasteiger partial charge in [0.25, 0.3) is 0 Å². The van der Waals surface area contributed by atoms with Gasteiger partial charge < -0.3 is 4.90 Å². The van der Waals surface area contributed by atoms with Gasteiger partial charge in [0.2, 0.25) is 5.91 Å². The smallest absolute Gasteiger partial charge is 0.222 e. The van der Waals surface area contributed by atoms with Gasteiger partial charge in [-0.15, -0.1) is 0 Å². The monoisotopic (exact) mass is 166 g/mol. The first kappa shape index (κ1) is 9.05. The molecule has 1 fully saturated rings. The number of carbonyl (C=O) groups is 1. The Morgan fingerprint density at radius 3 is 3.00 bits per heavy atom. The maximum Gasteiger partial charge on any atom is 0.222 e. The predicted octanol–water partition coefficient (Wildman–Crippen LogP) is 1.30. The van der Waals surface area contributed by atoms with E-state index in [9.17, 15) is 4.79 Å². The molecule has 0 aromatic heterocycles. The zero-order chi connectivity index (χ0) is 8.81. The van der Waals surface area contributed by atoms with Crippen molar-refractivity contribution in [2.75, 3.05) is 13.1 Å². The highest BCUT2D eigenvalue weighted by atomic mass is 16.2. The molecule has 1 amide bonds. The first-order valence-corrected chi connectivity index (χ1v) is 4.49. The normalized spacial score (nSPS) is 17.6. The van der Waals surface area contributed by atoms with Crippen LogP contribution in [-0.2, 0) is 4.79 Å². The van der Waals surface area contributed by atoms with Crippen LogP contribution >= 0.6 is 0 Å². The lowest BCUT2D eigenvalue weighted by atomic mass is 10.1. The van der Waals surface area contributed by atoms with Gasteiger partial charge in [0.1, 0.15) is 0 Å². The number of likely N-dealkylation sites (tertiary alicyclic amines) is 1. The Hall–Kier alpha value is -1.04. The van der Waals surface area contributed by atoms with E-state index in [1.54, 1.807) is 0 Å². The molecule has 1 saturated heterocycles. The summed E-state index contributed by atoms with van der Waals surface area (Å²) in [7, 11) is 0. The third kappa shape index (κ3) is 2.54. The summed E-state index contributed by atoms with van der Waals surface area (Å²) >= 11 is 0. The predicted molar refractivity (Wildman–Crippen MR) is 45.3 cm³/mol. The Labute approximate surface area is 73.0 Å². The summed E-state index contributed by atoms with van der Waals surface area (Å²) in [6.45, 7) is 1.66. The minimum Gasteiger partial charge on any atom is -0.343 e. The molecule has 0 bridgehead atoms. The second-order valence-corrected chi connectivity index (χ2v) is 3.10. The maximum absolute atomic E-state index is 11.2. The summed E-state index contributed by atoms with van der Waals surface area (Å²) in [6, 6.07) is 2.08. The Morgan fingerprint density at radius 2 is 2.33 bits per heavy atom. The second kappa shape index (κ2) is 4.76. The van der Waals surface area contributed by atoms with E-state index < -0.39 is 0 Å². The lowest BCUT2D eigenvalue weighted by Gasteiger charge is -2.26. The number of rotatable bonds is 3. The number of unbranched alkanes of at least 4 members (excludes halogenated alkanes) is 1. The molecule has 0 radical (unpaired) electrons. The van der Waals surface area contributed by atoms with E-state index in [1.165, 1.54) is 0 Å². The molecule has 0 spiro atoms. The molecule has 1 aliphatic heterocycles. The molecule has 0 aliphatic carbocycles. The van der Waals surface area contributed by atoms with Crippen LogP contribution in [0.1, 0.15) is 32.1 Å². The number of carbonyl (C=O) groups excluding carboxylic acids is 1. The Bertz CT molecular complexity index is 195. The van der Waals surface area contributed by atoms with E-state index >= 15 is 0 Å². The highest BCUT2D eigenvalue weighted by Crippen LogP contribution is 2.10. The fourth-order valence-corrected chi connectivity index (χ4v) is 1.45. The minimum absolute atomic E-state index is 0.263. The average Bonchev–Trinajstić information content (AvgIpc) is 2.09. The van der Waals surface area contributed by atoms with Crippen LogP contribution < -0.4 is 0 Å². The van der Waals surface area contributed by atoms with Crippen LogP contribution in [0.3, 0.4) is 0 Å². The fourth-order valence-electron chi connectivity index (χ4n) is 1.45. The molecule has 0 atom stereocenters. The third-order valence-corrected chi connectivity index (χ3v) is 2.14. The van der Waals surface area contributed by atoms with Crippen molar-refractivity contribution in [3.63, 3.8) is 0 Å². The minimum atomic E-state index is 0.263. The van der Waals surface area contributed by atoms with Crippen LogP contribution in [-0.4, -0.2) is 23.9 Å². The van der Waals surface area contributed by atoms with E-state index in [1.807, 2.05) is 4.90 Å². The SMILES string of the molecule is N#CCCCN1CCCCC1=O. The van der Waals surface area contributed by atoms with Crippen LogP contribution in [0, 0.1) is 11.3 Å². The van der Waals surface area contributed by atoms with Crippen molar-refractivity contribution in [1.29, 1.82) is 5.26 Å². The number of piperidine rings is 1. The molecule has 3 nitrogen and oxygen atoms in total. The number of hydrogen-bond donors (Lipinski definition) is 0. The van der Waals surface area contributed by atoms with Crippen molar-refractivity contribution in [3.05, 3.63) is 0 Å². The maximum atomic E-state index is 11.2. The Balaban J connectivity index is 2.21.